The van der Waals surface area contributed by atoms with Crippen molar-refractivity contribution in [3.63, 3.8) is 0 Å². The molecule has 0 aliphatic carbocycles. The first kappa shape index (κ1) is 16.6. The predicted molar refractivity (Wildman–Crippen MR) is 51.0 cm³/mol. The van der Waals surface area contributed by atoms with Crippen LogP contribution in [0.25, 0.3) is 0 Å². The lowest BCUT2D eigenvalue weighted by Gasteiger charge is -1.99. The van der Waals surface area contributed by atoms with Crippen LogP contribution in [0, 0.1) is 0 Å². The van der Waals surface area contributed by atoms with E-state index in [0.29, 0.717) is 0 Å². The highest BCUT2D eigenvalue weighted by Gasteiger charge is 2.09. The van der Waals surface area contributed by atoms with Gasteiger partial charge in [-0.1, -0.05) is 9.97 Å². The first-order valence-corrected chi connectivity index (χ1v) is 5.60. The Bertz CT molecular complexity index is 433. The summed E-state index contributed by atoms with van der Waals surface area (Å²) in [5, 5.41) is 0. The zero-order valence-electron chi connectivity index (χ0n) is 8.89. The fourth-order valence-electron chi connectivity index (χ4n) is 0.928. The monoisotopic (exact) mass is 310 g/mol. The van der Waals surface area contributed by atoms with Gasteiger partial charge in [-0.2, -0.15) is 0 Å². The van der Waals surface area contributed by atoms with Crippen LogP contribution in [0.4, 0.5) is 0 Å². The highest BCUT2D eigenvalue weighted by atomic mass is 35.5. The van der Waals surface area contributed by atoms with Crippen molar-refractivity contribution < 1.29 is 48.1 Å². The highest BCUT2D eigenvalue weighted by Crippen LogP contribution is 2.07. The van der Waals surface area contributed by atoms with E-state index >= 15 is 0 Å². The van der Waals surface area contributed by atoms with Crippen molar-refractivity contribution in [2.24, 2.45) is 0 Å². The third kappa shape index (κ3) is 5.27. The fraction of sp³-hybridized carbons (Fsp3) is 0. The molecule has 0 aromatic carbocycles. The lowest BCUT2D eigenvalue weighted by atomic mass is 10.7. The van der Waals surface area contributed by atoms with Crippen LogP contribution in [0.2, 0.25) is 0 Å². The van der Waals surface area contributed by atoms with Gasteiger partial charge in [0.1, 0.15) is 24.8 Å². The molecule has 98 valence electrons. The lowest BCUT2D eigenvalue weighted by Crippen LogP contribution is -3.00. The van der Waals surface area contributed by atoms with Gasteiger partial charge < -0.3 is 24.8 Å². The summed E-state index contributed by atoms with van der Waals surface area (Å²) in [6, 6.07) is 3.29. The molecule has 0 bridgehead atoms. The Morgan fingerprint density at radius 2 is 1.33 bits per heavy atom. The summed E-state index contributed by atoms with van der Waals surface area (Å²) in [5.74, 6) is 0. The minimum absolute atomic E-state index is 0. The van der Waals surface area contributed by atoms with Crippen molar-refractivity contribution >= 4 is 8.25 Å². The fourth-order valence-corrected chi connectivity index (χ4v) is 1.52. The SMILES string of the molecule is O=[PH](O[n+]1cccnc1)O[n+]1cccnc1.[Cl-].[Cl-]. The molecule has 0 N–H and O–H groups in total. The summed E-state index contributed by atoms with van der Waals surface area (Å²) in [6.45, 7) is 0. The van der Waals surface area contributed by atoms with Gasteiger partial charge in [-0.05, 0) is 9.46 Å². The van der Waals surface area contributed by atoms with Gasteiger partial charge >= 0.3 is 20.9 Å². The van der Waals surface area contributed by atoms with Crippen molar-refractivity contribution in [3.8, 4) is 0 Å². The van der Waals surface area contributed by atoms with Crippen LogP contribution in [0.3, 0.4) is 0 Å². The molecule has 2 rings (SSSR count). The topological polar surface area (TPSA) is 69.1 Å². The summed E-state index contributed by atoms with van der Waals surface area (Å²) < 4.78 is 23.7. The Morgan fingerprint density at radius 3 is 1.67 bits per heavy atom. The van der Waals surface area contributed by atoms with Crippen LogP contribution in [0.15, 0.2) is 49.6 Å². The Morgan fingerprint density at radius 1 is 0.889 bits per heavy atom. The van der Waals surface area contributed by atoms with E-state index in [9.17, 15) is 4.57 Å². The van der Waals surface area contributed by atoms with Crippen molar-refractivity contribution in [3.05, 3.63) is 49.6 Å². The van der Waals surface area contributed by atoms with E-state index in [0.717, 1.165) is 0 Å². The summed E-state index contributed by atoms with van der Waals surface area (Å²) in [5.41, 5.74) is 0. The van der Waals surface area contributed by atoms with E-state index < -0.39 is 8.25 Å². The maximum Gasteiger partial charge on any atom is 0.494 e. The van der Waals surface area contributed by atoms with Gasteiger partial charge in [0.25, 0.3) is 0 Å². The molecule has 7 nitrogen and oxygen atoms in total. The van der Waals surface area contributed by atoms with Crippen LogP contribution < -0.4 is 43.5 Å². The molecule has 0 amide bonds. The van der Waals surface area contributed by atoms with Crippen molar-refractivity contribution in [1.82, 2.24) is 9.97 Å². The smallest absolute Gasteiger partial charge is 0.494 e. The van der Waals surface area contributed by atoms with E-state index in [1.54, 1.807) is 36.9 Å². The molecule has 0 saturated carbocycles. The molecule has 2 heterocycles. The normalized spacial score (nSPS) is 8.94. The molecular formula is C8H9Cl2N4O3P. The van der Waals surface area contributed by atoms with Crippen LogP contribution in [0.1, 0.15) is 0 Å². The minimum atomic E-state index is -2.70. The number of hydrogen-bond acceptors (Lipinski definition) is 5. The number of nitrogens with zero attached hydrogens (tertiary/aromatic N) is 4. The Kier molecular flexibility index (Phi) is 7.94. The Labute approximate surface area is 116 Å². The summed E-state index contributed by atoms with van der Waals surface area (Å²) >= 11 is 0. The molecule has 0 aliphatic rings. The maximum atomic E-state index is 11.4. The predicted octanol–water partition coefficient (Wildman–Crippen LogP) is -6.99. The van der Waals surface area contributed by atoms with Crippen LogP contribution in [-0.4, -0.2) is 9.97 Å². The van der Waals surface area contributed by atoms with Gasteiger partial charge in [-0.25, -0.2) is 13.8 Å². The van der Waals surface area contributed by atoms with Crippen molar-refractivity contribution in [2.75, 3.05) is 0 Å². The van der Waals surface area contributed by atoms with Gasteiger partial charge in [0, 0.05) is 12.1 Å². The molecule has 0 aliphatic heterocycles. The maximum absolute atomic E-state index is 11.4. The summed E-state index contributed by atoms with van der Waals surface area (Å²) in [6.07, 6.45) is 9.03. The average molecular weight is 311 g/mol. The van der Waals surface area contributed by atoms with E-state index in [4.69, 9.17) is 9.25 Å². The molecule has 0 radical (unpaired) electrons. The van der Waals surface area contributed by atoms with Gasteiger partial charge in [0.05, 0.1) is 0 Å². The standard InChI is InChI=1S/C8H9N4O3P.2ClH/c13-16(14-11-5-1-3-9-7-11)15-12-6-2-4-10-8-12;;/h1-8,16H;2*1H/q+2;;/p-2. The van der Waals surface area contributed by atoms with Crippen LogP contribution >= 0.6 is 8.25 Å². The molecule has 10 heteroatoms. The van der Waals surface area contributed by atoms with Gasteiger partial charge in [0.2, 0.25) is 0 Å². The van der Waals surface area contributed by atoms with Gasteiger partial charge in [-0.15, -0.1) is 0 Å². The third-order valence-corrected chi connectivity index (χ3v) is 2.25. The molecule has 0 atom stereocenters. The van der Waals surface area contributed by atoms with E-state index in [1.165, 1.54) is 22.1 Å². The molecule has 0 saturated heterocycles. The average Bonchev–Trinajstić information content (AvgIpc) is 2.31. The lowest BCUT2D eigenvalue weighted by molar-refractivity contribution is -0.885. The second-order valence-electron chi connectivity index (χ2n) is 2.66. The van der Waals surface area contributed by atoms with Crippen molar-refractivity contribution in [2.45, 2.75) is 0 Å². The first-order valence-electron chi connectivity index (χ1n) is 4.38. The summed E-state index contributed by atoms with van der Waals surface area (Å²) in [7, 11) is -2.70. The van der Waals surface area contributed by atoms with E-state index in [2.05, 4.69) is 9.97 Å². The highest BCUT2D eigenvalue weighted by molar-refractivity contribution is 7.33. The molecule has 0 fully saturated rings. The molecule has 2 aromatic heterocycles. The quantitative estimate of drug-likeness (QED) is 0.415. The number of rotatable bonds is 4. The molecule has 0 unspecified atom stereocenters. The second-order valence-corrected chi connectivity index (χ2v) is 3.53. The number of halogens is 2. The van der Waals surface area contributed by atoms with E-state index in [-0.39, 0.29) is 24.8 Å². The number of aromatic nitrogens is 4. The minimum Gasteiger partial charge on any atom is -1.00 e. The first-order chi connectivity index (χ1) is 7.84. The third-order valence-electron chi connectivity index (χ3n) is 1.53. The molecule has 0 spiro atoms. The van der Waals surface area contributed by atoms with Crippen LogP contribution in [-0.2, 0) is 4.57 Å². The van der Waals surface area contributed by atoms with Crippen LogP contribution in [0.5, 0.6) is 0 Å². The zero-order chi connectivity index (χ0) is 11.2. The van der Waals surface area contributed by atoms with E-state index in [1.807, 2.05) is 0 Å². The molecular weight excluding hydrogens is 302 g/mol. The zero-order valence-corrected chi connectivity index (χ0v) is 11.4. The van der Waals surface area contributed by atoms with Gasteiger partial charge in [-0.3, -0.25) is 0 Å². The largest absolute Gasteiger partial charge is 1.00 e. The second kappa shape index (κ2) is 8.63. The summed E-state index contributed by atoms with van der Waals surface area (Å²) in [4.78, 5) is 7.57. The van der Waals surface area contributed by atoms with Gasteiger partial charge in [0.15, 0.2) is 0 Å². The molecule has 18 heavy (non-hydrogen) atoms. The number of hydrogen-bond donors (Lipinski definition) is 0. The Balaban J connectivity index is 0.00000144. The Hall–Kier alpha value is -1.43. The molecule has 2 aromatic rings. The van der Waals surface area contributed by atoms with Crippen molar-refractivity contribution in [1.29, 1.82) is 0 Å².